The lowest BCUT2D eigenvalue weighted by Crippen LogP contribution is -2.48. The molecule has 1 saturated heterocycles. The van der Waals surface area contributed by atoms with Gasteiger partial charge in [0.2, 0.25) is 0 Å². The Morgan fingerprint density at radius 3 is 2.35 bits per heavy atom. The fraction of sp³-hybridized carbons (Fsp3) is 0.562. The zero-order valence-electron chi connectivity index (χ0n) is 14.0. The number of carbonyl (C=O) groups excluding carboxylic acids is 1. The molecule has 0 atom stereocenters. The molecule has 1 aromatic carbocycles. The molecule has 1 heterocycles. The van der Waals surface area contributed by atoms with E-state index in [9.17, 15) is 14.9 Å². The molecule has 0 saturated carbocycles. The molecule has 0 unspecified atom stereocenters. The second kappa shape index (κ2) is 6.54. The largest absolute Gasteiger partial charge is 0.368 e. The molecular weight excluding hydrogens is 298 g/mol. The Morgan fingerprint density at radius 1 is 1.22 bits per heavy atom. The third-order valence-electron chi connectivity index (χ3n) is 3.81. The van der Waals surface area contributed by atoms with Gasteiger partial charge in [-0.3, -0.25) is 10.1 Å². The molecule has 0 N–H and O–H groups in total. The Hall–Kier alpha value is -2.15. The molecule has 2 rings (SSSR count). The van der Waals surface area contributed by atoms with Crippen LogP contribution in [-0.2, 0) is 9.63 Å². The van der Waals surface area contributed by atoms with Crippen molar-refractivity contribution >= 4 is 17.3 Å². The molecule has 1 aromatic rings. The lowest BCUT2D eigenvalue weighted by atomic mass is 9.98. The summed E-state index contributed by atoms with van der Waals surface area (Å²) in [5, 5.41) is 12.6. The number of carbonyl (C=O) groups is 1. The number of anilines is 1. The highest BCUT2D eigenvalue weighted by molar-refractivity contribution is 5.75. The predicted molar refractivity (Wildman–Crippen MR) is 87.2 cm³/mol. The SMILES string of the molecule is Cc1ccc([N+](=O)[O-])cc1N1CCN(OC(=O)C(C)(C)C)CC1. The van der Waals surface area contributed by atoms with Crippen LogP contribution in [0.4, 0.5) is 11.4 Å². The van der Waals surface area contributed by atoms with Gasteiger partial charge in [-0.2, -0.15) is 0 Å². The summed E-state index contributed by atoms with van der Waals surface area (Å²) in [6, 6.07) is 4.88. The van der Waals surface area contributed by atoms with Crippen LogP contribution < -0.4 is 4.90 Å². The zero-order chi connectivity index (χ0) is 17.2. The first-order valence-corrected chi connectivity index (χ1v) is 7.66. The summed E-state index contributed by atoms with van der Waals surface area (Å²) in [7, 11) is 0. The molecule has 0 spiro atoms. The minimum absolute atomic E-state index is 0.0900. The molecule has 0 bridgehead atoms. The Bertz CT molecular complexity index is 602. The molecule has 0 radical (unpaired) electrons. The maximum Gasteiger partial charge on any atom is 0.330 e. The van der Waals surface area contributed by atoms with Crippen molar-refractivity contribution in [2.24, 2.45) is 5.41 Å². The van der Waals surface area contributed by atoms with Crippen molar-refractivity contribution in [3.63, 3.8) is 0 Å². The van der Waals surface area contributed by atoms with Crippen LogP contribution in [0.5, 0.6) is 0 Å². The average Bonchev–Trinajstić information content (AvgIpc) is 2.47. The number of nitrogens with zero attached hydrogens (tertiary/aromatic N) is 3. The van der Waals surface area contributed by atoms with Gasteiger partial charge in [-0.1, -0.05) is 6.07 Å². The van der Waals surface area contributed by atoms with E-state index < -0.39 is 5.41 Å². The van der Waals surface area contributed by atoms with Crippen LogP contribution in [0.2, 0.25) is 0 Å². The van der Waals surface area contributed by atoms with Crippen molar-refractivity contribution in [3.05, 3.63) is 33.9 Å². The Kier molecular flexibility index (Phi) is 4.89. The zero-order valence-corrected chi connectivity index (χ0v) is 14.0. The van der Waals surface area contributed by atoms with E-state index in [2.05, 4.69) is 4.90 Å². The van der Waals surface area contributed by atoms with E-state index in [-0.39, 0.29) is 16.6 Å². The molecule has 7 nitrogen and oxygen atoms in total. The minimum atomic E-state index is -0.534. The summed E-state index contributed by atoms with van der Waals surface area (Å²) in [6.07, 6.45) is 0. The number of non-ortho nitro benzene ring substituents is 1. The predicted octanol–water partition coefficient (Wildman–Crippen LogP) is 2.53. The maximum atomic E-state index is 11.9. The van der Waals surface area contributed by atoms with Crippen LogP contribution in [0.15, 0.2) is 18.2 Å². The number of hydrogen-bond acceptors (Lipinski definition) is 6. The molecule has 7 heteroatoms. The Morgan fingerprint density at radius 2 is 1.83 bits per heavy atom. The van der Waals surface area contributed by atoms with E-state index in [4.69, 9.17) is 4.84 Å². The third kappa shape index (κ3) is 4.19. The van der Waals surface area contributed by atoms with Crippen molar-refractivity contribution in [2.45, 2.75) is 27.7 Å². The lowest BCUT2D eigenvalue weighted by molar-refractivity contribution is -0.384. The first-order chi connectivity index (χ1) is 10.7. The lowest BCUT2D eigenvalue weighted by Gasteiger charge is -2.36. The maximum absolute atomic E-state index is 11.9. The fourth-order valence-corrected chi connectivity index (χ4v) is 2.33. The molecular formula is C16H23N3O4. The van der Waals surface area contributed by atoms with Crippen LogP contribution >= 0.6 is 0 Å². The van der Waals surface area contributed by atoms with Gasteiger partial charge in [0.15, 0.2) is 0 Å². The van der Waals surface area contributed by atoms with E-state index in [0.717, 1.165) is 11.3 Å². The van der Waals surface area contributed by atoms with Crippen LogP contribution in [0.3, 0.4) is 0 Å². The highest BCUT2D eigenvalue weighted by Crippen LogP contribution is 2.27. The number of rotatable bonds is 3. The van der Waals surface area contributed by atoms with Crippen molar-refractivity contribution in [1.29, 1.82) is 0 Å². The summed E-state index contributed by atoms with van der Waals surface area (Å²) < 4.78 is 0. The first kappa shape index (κ1) is 17.2. The molecule has 1 aliphatic heterocycles. The molecule has 0 amide bonds. The number of piperazine rings is 1. The normalized spacial score (nSPS) is 16.3. The van der Waals surface area contributed by atoms with Gasteiger partial charge < -0.3 is 9.74 Å². The highest BCUT2D eigenvalue weighted by Gasteiger charge is 2.28. The standard InChI is InChI=1S/C16H23N3O4/c1-12-5-6-13(19(21)22)11-14(12)17-7-9-18(10-8-17)23-15(20)16(2,3)4/h5-6,11H,7-10H2,1-4H3. The van der Waals surface area contributed by atoms with E-state index in [0.29, 0.717) is 26.2 Å². The quantitative estimate of drug-likeness (QED) is 0.629. The van der Waals surface area contributed by atoms with Gasteiger partial charge in [0.25, 0.3) is 5.69 Å². The number of benzene rings is 1. The molecule has 0 aromatic heterocycles. The molecule has 126 valence electrons. The second-order valence-electron chi connectivity index (χ2n) is 6.77. The van der Waals surface area contributed by atoms with Crippen molar-refractivity contribution in [3.8, 4) is 0 Å². The average molecular weight is 321 g/mol. The minimum Gasteiger partial charge on any atom is -0.368 e. The fourth-order valence-electron chi connectivity index (χ4n) is 2.33. The van der Waals surface area contributed by atoms with E-state index in [1.807, 2.05) is 27.7 Å². The van der Waals surface area contributed by atoms with Gasteiger partial charge in [-0.15, -0.1) is 5.06 Å². The van der Waals surface area contributed by atoms with Crippen molar-refractivity contribution in [1.82, 2.24) is 5.06 Å². The molecule has 1 aliphatic rings. The van der Waals surface area contributed by atoms with Crippen LogP contribution in [0, 0.1) is 22.5 Å². The van der Waals surface area contributed by atoms with E-state index >= 15 is 0 Å². The smallest absolute Gasteiger partial charge is 0.330 e. The number of hydroxylamine groups is 2. The molecule has 1 fully saturated rings. The van der Waals surface area contributed by atoms with E-state index in [1.165, 1.54) is 6.07 Å². The summed E-state index contributed by atoms with van der Waals surface area (Å²) in [5.41, 5.74) is 1.41. The number of aryl methyl sites for hydroxylation is 1. The molecule has 23 heavy (non-hydrogen) atoms. The van der Waals surface area contributed by atoms with Gasteiger partial charge in [0.1, 0.15) is 0 Å². The summed E-state index contributed by atoms with van der Waals surface area (Å²) >= 11 is 0. The number of nitro groups is 1. The van der Waals surface area contributed by atoms with Crippen molar-refractivity contribution < 1.29 is 14.6 Å². The third-order valence-corrected chi connectivity index (χ3v) is 3.81. The van der Waals surface area contributed by atoms with Gasteiger partial charge in [-0.05, 0) is 33.3 Å². The van der Waals surface area contributed by atoms with Crippen LogP contribution in [0.1, 0.15) is 26.3 Å². The summed E-state index contributed by atoms with van der Waals surface area (Å²) in [4.78, 5) is 29.9. The molecule has 0 aliphatic carbocycles. The summed E-state index contributed by atoms with van der Waals surface area (Å²) in [6.45, 7) is 9.84. The van der Waals surface area contributed by atoms with Gasteiger partial charge in [0, 0.05) is 30.9 Å². The van der Waals surface area contributed by atoms with Gasteiger partial charge in [-0.25, -0.2) is 4.79 Å². The van der Waals surface area contributed by atoms with Crippen LogP contribution in [-0.4, -0.2) is 42.1 Å². The van der Waals surface area contributed by atoms with Crippen molar-refractivity contribution in [2.75, 3.05) is 31.1 Å². The number of nitro benzene ring substituents is 1. The Labute approximate surface area is 135 Å². The number of hydrogen-bond donors (Lipinski definition) is 0. The van der Waals surface area contributed by atoms with Gasteiger partial charge >= 0.3 is 5.97 Å². The van der Waals surface area contributed by atoms with E-state index in [1.54, 1.807) is 17.2 Å². The monoisotopic (exact) mass is 321 g/mol. The Balaban J connectivity index is 2.01. The highest BCUT2D eigenvalue weighted by atomic mass is 16.7. The van der Waals surface area contributed by atoms with Crippen LogP contribution in [0.25, 0.3) is 0 Å². The topological polar surface area (TPSA) is 75.9 Å². The van der Waals surface area contributed by atoms with Gasteiger partial charge in [0.05, 0.1) is 23.4 Å². The second-order valence-corrected chi connectivity index (χ2v) is 6.77. The first-order valence-electron chi connectivity index (χ1n) is 7.66. The summed E-state index contributed by atoms with van der Waals surface area (Å²) in [5.74, 6) is -0.252.